The molecule has 0 aliphatic heterocycles. The molecule has 0 saturated carbocycles. The van der Waals surface area contributed by atoms with Gasteiger partial charge in [0, 0.05) is 28.2 Å². The maximum absolute atomic E-state index is 4.00. The summed E-state index contributed by atoms with van der Waals surface area (Å²) in [7, 11) is 0. The molecule has 0 amide bonds. The van der Waals surface area contributed by atoms with Gasteiger partial charge in [0.1, 0.15) is 0 Å². The minimum Gasteiger partial charge on any atom is -0.103 e. The Labute approximate surface area is 393 Å². The number of rotatable bonds is 11. The monoisotopic (exact) mass is 851 g/mol. The number of benzene rings is 3. The summed E-state index contributed by atoms with van der Waals surface area (Å²) < 4.78 is 0. The highest BCUT2D eigenvalue weighted by Gasteiger charge is 2.23. The van der Waals surface area contributed by atoms with Crippen molar-refractivity contribution in [1.29, 1.82) is 0 Å². The Morgan fingerprint density at radius 2 is 1.38 bits per heavy atom. The van der Waals surface area contributed by atoms with Gasteiger partial charge >= 0.3 is 0 Å². The lowest BCUT2D eigenvalue weighted by Crippen LogP contribution is -2.18. The summed E-state index contributed by atoms with van der Waals surface area (Å²) in [6, 6.07) is 22.1. The molecule has 3 aromatic carbocycles. The minimum atomic E-state index is 0.122. The van der Waals surface area contributed by atoms with E-state index in [1.54, 1.807) is 5.57 Å². The molecule has 338 valence electrons. The number of fused-ring (bicyclic) bond motifs is 1. The van der Waals surface area contributed by atoms with Crippen LogP contribution in [0.3, 0.4) is 0 Å². The smallest absolute Gasteiger partial charge is 0.0267 e. The first kappa shape index (κ1) is 53.0. The van der Waals surface area contributed by atoms with E-state index in [9.17, 15) is 0 Å². The van der Waals surface area contributed by atoms with Gasteiger partial charge in [0.25, 0.3) is 0 Å². The number of hydrogen-bond donors (Lipinski definition) is 0. The van der Waals surface area contributed by atoms with Gasteiger partial charge in [-0.25, -0.2) is 0 Å². The molecule has 0 nitrogen and oxygen atoms in total. The van der Waals surface area contributed by atoms with Crippen LogP contribution < -0.4 is 0 Å². The van der Waals surface area contributed by atoms with Crippen LogP contribution >= 0.6 is 0 Å². The molecule has 0 N–H and O–H groups in total. The molecule has 0 spiro atoms. The zero-order valence-electron chi connectivity index (χ0n) is 42.7. The highest BCUT2D eigenvalue weighted by molar-refractivity contribution is 5.84. The molecule has 2 aliphatic carbocycles. The van der Waals surface area contributed by atoms with Gasteiger partial charge in [0.15, 0.2) is 0 Å². The SMILES string of the molecule is C/C=C\C=C/C1=CC(C)c2ccc(-c3cc(C#CC4=CC=C(C(C)(C)C)CC4)cc(C#Cc4ccc(C(C)(C)C)cc4)c3)cc21.C=CC(C)C(C=C)C(C)/C(=C\C(C)C)CCC.CC. The first-order valence-corrected chi connectivity index (χ1v) is 24.2. The molecule has 4 unspecified atom stereocenters. The Bertz CT molecular complexity index is 2330. The van der Waals surface area contributed by atoms with Crippen LogP contribution in [0, 0.1) is 52.8 Å². The summed E-state index contributed by atoms with van der Waals surface area (Å²) in [5.41, 5.74) is 15.2. The van der Waals surface area contributed by atoms with E-state index in [-0.39, 0.29) is 10.8 Å². The lowest BCUT2D eigenvalue weighted by Gasteiger charge is -2.27. The molecule has 4 atom stereocenters. The molecule has 0 bridgehead atoms. The predicted octanol–water partition coefficient (Wildman–Crippen LogP) is 18.4. The predicted molar refractivity (Wildman–Crippen MR) is 286 cm³/mol. The second kappa shape index (κ2) is 25.3. The minimum absolute atomic E-state index is 0.122. The second-order valence-electron chi connectivity index (χ2n) is 19.8. The largest absolute Gasteiger partial charge is 0.103 e. The van der Waals surface area contributed by atoms with Gasteiger partial charge < -0.3 is 0 Å². The first-order valence-electron chi connectivity index (χ1n) is 24.2. The van der Waals surface area contributed by atoms with Crippen LogP contribution in [0.1, 0.15) is 169 Å². The molecule has 0 radical (unpaired) electrons. The summed E-state index contributed by atoms with van der Waals surface area (Å²) in [6.07, 6.45) is 26.4. The Morgan fingerprint density at radius 1 is 0.734 bits per heavy atom. The van der Waals surface area contributed by atoms with E-state index in [0.717, 1.165) is 35.1 Å². The van der Waals surface area contributed by atoms with Gasteiger partial charge in [-0.2, -0.15) is 0 Å². The third-order valence-corrected chi connectivity index (χ3v) is 12.2. The molecule has 0 saturated heterocycles. The maximum Gasteiger partial charge on any atom is 0.0267 e. The number of allylic oxidation sites excluding steroid dienone is 14. The average molecular weight is 851 g/mol. The van der Waals surface area contributed by atoms with Crippen molar-refractivity contribution < 1.29 is 0 Å². The third-order valence-electron chi connectivity index (χ3n) is 12.2. The first-order chi connectivity index (χ1) is 30.4. The Kier molecular flexibility index (Phi) is 20.9. The Balaban J connectivity index is 0.000000484. The van der Waals surface area contributed by atoms with Gasteiger partial charge in [-0.3, -0.25) is 0 Å². The topological polar surface area (TPSA) is 0 Å². The third kappa shape index (κ3) is 15.7. The van der Waals surface area contributed by atoms with Gasteiger partial charge in [0.2, 0.25) is 0 Å². The summed E-state index contributed by atoms with van der Waals surface area (Å²) in [5, 5.41) is 0. The van der Waals surface area contributed by atoms with Crippen molar-refractivity contribution in [3.05, 3.63) is 185 Å². The van der Waals surface area contributed by atoms with E-state index >= 15 is 0 Å². The number of hydrogen-bond acceptors (Lipinski definition) is 0. The molecular formula is C64H82. The van der Waals surface area contributed by atoms with Gasteiger partial charge in [-0.05, 0) is 130 Å². The van der Waals surface area contributed by atoms with E-state index in [0.29, 0.717) is 29.6 Å². The van der Waals surface area contributed by atoms with Crippen LogP contribution in [0.4, 0.5) is 0 Å². The van der Waals surface area contributed by atoms with Crippen LogP contribution in [-0.2, 0) is 5.41 Å². The Morgan fingerprint density at radius 3 is 1.91 bits per heavy atom. The van der Waals surface area contributed by atoms with Crippen LogP contribution in [-0.4, -0.2) is 0 Å². The van der Waals surface area contributed by atoms with Crippen LogP contribution in [0.2, 0.25) is 0 Å². The van der Waals surface area contributed by atoms with Crippen molar-refractivity contribution in [3.8, 4) is 34.8 Å². The van der Waals surface area contributed by atoms with Crippen molar-refractivity contribution >= 4 is 5.57 Å². The van der Waals surface area contributed by atoms with Gasteiger partial charge in [-0.1, -0.05) is 223 Å². The normalized spacial score (nSPS) is 16.3. The highest BCUT2D eigenvalue weighted by atomic mass is 14.3. The molecule has 0 fully saturated rings. The molecule has 2 aliphatic rings. The Hall–Kier alpha value is -5.30. The summed E-state index contributed by atoms with van der Waals surface area (Å²) in [6.45, 7) is 41.1. The van der Waals surface area contributed by atoms with Crippen molar-refractivity contribution in [2.45, 2.75) is 141 Å². The molecule has 3 aromatic rings. The molecular weight excluding hydrogens is 769 g/mol. The standard InChI is InChI=1S/C45H46.C17H30.C2H6/c1-9-10-11-12-38-27-32(2)42-26-21-37(31-43(38)42)39-29-35(15-13-33-17-22-40(23-18-33)44(3,4)5)28-36(30-39)16-14-34-19-24-41(25-20-34)45(6,7)8;1-8-11-16(12-13(4)5)15(7)17(10-3)14(6)9-2;1-2/h9-12,17-19,21-24,26-32H,20,25H2,1-8H3;9-10,12-15,17H,2-3,8,11H2,1,4-7H3;1-2H3/b10-9-,12-11-;16-12-;. The fourth-order valence-electron chi connectivity index (χ4n) is 8.36. The highest BCUT2D eigenvalue weighted by Crippen LogP contribution is 2.39. The fraction of sp³-hybridized carbons (Fsp3) is 0.406. The molecule has 64 heavy (non-hydrogen) atoms. The van der Waals surface area contributed by atoms with E-state index < -0.39 is 0 Å². The molecule has 0 heterocycles. The van der Waals surface area contributed by atoms with Crippen molar-refractivity contribution in [3.63, 3.8) is 0 Å². The zero-order valence-corrected chi connectivity index (χ0v) is 42.7. The van der Waals surface area contributed by atoms with Crippen molar-refractivity contribution in [1.82, 2.24) is 0 Å². The van der Waals surface area contributed by atoms with E-state index in [4.69, 9.17) is 0 Å². The van der Waals surface area contributed by atoms with E-state index in [1.807, 2.05) is 26.8 Å². The van der Waals surface area contributed by atoms with Gasteiger partial charge in [-0.15, -0.1) is 13.2 Å². The van der Waals surface area contributed by atoms with E-state index in [2.05, 4.69) is 235 Å². The van der Waals surface area contributed by atoms with Crippen LogP contribution in [0.15, 0.2) is 151 Å². The lowest BCUT2D eigenvalue weighted by molar-refractivity contribution is 0.392. The molecule has 5 rings (SSSR count). The second-order valence-corrected chi connectivity index (χ2v) is 19.8. The van der Waals surface area contributed by atoms with Crippen LogP contribution in [0.5, 0.6) is 0 Å². The summed E-state index contributed by atoms with van der Waals surface area (Å²) in [4.78, 5) is 0. The summed E-state index contributed by atoms with van der Waals surface area (Å²) in [5.74, 6) is 16.5. The van der Waals surface area contributed by atoms with Crippen LogP contribution in [0.25, 0.3) is 16.7 Å². The van der Waals surface area contributed by atoms with Crippen molar-refractivity contribution in [2.24, 2.45) is 29.1 Å². The van der Waals surface area contributed by atoms with Crippen molar-refractivity contribution in [2.75, 3.05) is 0 Å². The summed E-state index contributed by atoms with van der Waals surface area (Å²) >= 11 is 0. The van der Waals surface area contributed by atoms with E-state index in [1.165, 1.54) is 51.8 Å². The fourth-order valence-corrected chi connectivity index (χ4v) is 8.36. The van der Waals surface area contributed by atoms with Gasteiger partial charge in [0.05, 0.1) is 0 Å². The quantitative estimate of drug-likeness (QED) is 0.102. The lowest BCUT2D eigenvalue weighted by atomic mass is 9.77. The molecule has 0 heteroatoms. The maximum atomic E-state index is 4.00. The zero-order chi connectivity index (χ0) is 47.6. The average Bonchev–Trinajstić information content (AvgIpc) is 3.59. The molecule has 0 aromatic heterocycles.